The molecule has 0 radical (unpaired) electrons. The second-order valence-corrected chi connectivity index (χ2v) is 11.1. The van der Waals surface area contributed by atoms with Gasteiger partial charge in [0.2, 0.25) is 0 Å². The maximum absolute atomic E-state index is 12.0. The smallest absolute Gasteiger partial charge is 0.304 e. The number of para-hydroxylation sites is 1. The van der Waals surface area contributed by atoms with Crippen molar-refractivity contribution in [1.29, 1.82) is 0 Å². The lowest BCUT2D eigenvalue weighted by atomic mass is 9.79. The van der Waals surface area contributed by atoms with E-state index in [2.05, 4.69) is 48.2 Å². The van der Waals surface area contributed by atoms with E-state index in [1.165, 1.54) is 28.1 Å². The van der Waals surface area contributed by atoms with Gasteiger partial charge in [-0.05, 0) is 73.1 Å². The Kier molecular flexibility index (Phi) is 7.07. The van der Waals surface area contributed by atoms with E-state index in [0.717, 1.165) is 60.6 Å². The predicted octanol–water partition coefficient (Wildman–Crippen LogP) is 5.12. The van der Waals surface area contributed by atoms with Crippen molar-refractivity contribution in [2.45, 2.75) is 64.1 Å². The summed E-state index contributed by atoms with van der Waals surface area (Å²) < 4.78 is 6.56. The van der Waals surface area contributed by atoms with E-state index in [9.17, 15) is 9.90 Å². The van der Waals surface area contributed by atoms with Gasteiger partial charge in [0.1, 0.15) is 11.4 Å². The molecule has 1 heterocycles. The van der Waals surface area contributed by atoms with Gasteiger partial charge in [-0.1, -0.05) is 42.5 Å². The number of hydrazine groups is 1. The molecule has 7 heteroatoms. The number of aryl methyl sites for hydroxylation is 1. The number of hydrogen-bond donors (Lipinski definition) is 3. The van der Waals surface area contributed by atoms with Crippen LogP contribution in [-0.2, 0) is 17.9 Å². The Labute approximate surface area is 225 Å². The van der Waals surface area contributed by atoms with E-state index < -0.39 is 5.97 Å². The van der Waals surface area contributed by atoms with Crippen LogP contribution in [0.1, 0.15) is 65.0 Å². The van der Waals surface area contributed by atoms with Crippen LogP contribution in [0.5, 0.6) is 5.75 Å². The summed E-state index contributed by atoms with van der Waals surface area (Å²) in [6.45, 7) is 6.55. The number of fused-ring (bicyclic) bond motifs is 1. The molecule has 1 spiro atoms. The molecule has 0 aromatic heterocycles. The van der Waals surface area contributed by atoms with Crippen LogP contribution < -0.4 is 21.3 Å². The number of carbonyl (C=O) groups is 1. The van der Waals surface area contributed by atoms with E-state index in [4.69, 9.17) is 16.3 Å². The third-order valence-corrected chi connectivity index (χ3v) is 8.31. The highest BCUT2D eigenvalue weighted by Gasteiger charge is 2.43. The van der Waals surface area contributed by atoms with E-state index in [-0.39, 0.29) is 17.9 Å². The molecule has 1 saturated carbocycles. The number of hydrogen-bond acceptors (Lipinski definition) is 6. The van der Waals surface area contributed by atoms with Gasteiger partial charge in [0.25, 0.3) is 0 Å². The van der Waals surface area contributed by atoms with Crippen molar-refractivity contribution in [3.8, 4) is 5.75 Å². The van der Waals surface area contributed by atoms with Crippen molar-refractivity contribution >= 4 is 17.3 Å². The highest BCUT2D eigenvalue weighted by molar-refractivity contribution is 5.74. The molecular formula is C31H38N4O3. The number of nitrogens with zero attached hydrogens (tertiary/aromatic N) is 2. The summed E-state index contributed by atoms with van der Waals surface area (Å²) in [5.41, 5.74) is 14.0. The van der Waals surface area contributed by atoms with Gasteiger partial charge < -0.3 is 20.6 Å². The number of benzene rings is 3. The van der Waals surface area contributed by atoms with Crippen molar-refractivity contribution in [3.05, 3.63) is 88.0 Å². The monoisotopic (exact) mass is 514 g/mol. The van der Waals surface area contributed by atoms with Crippen molar-refractivity contribution in [1.82, 2.24) is 4.90 Å². The van der Waals surface area contributed by atoms with Gasteiger partial charge in [-0.15, -0.1) is 0 Å². The molecule has 38 heavy (non-hydrogen) atoms. The molecule has 200 valence electrons. The van der Waals surface area contributed by atoms with Crippen LogP contribution in [0.3, 0.4) is 0 Å². The number of carboxylic acid groups (broad SMARTS) is 1. The number of aliphatic carboxylic acids is 1. The number of carboxylic acids is 1. The molecule has 1 aliphatic heterocycles. The standard InChI is InChI=1S/C31H38N4O3/c1-20-9-10-22(26(16-29(36)37)25-11-12-27(34(3)33)30(32)21(25)2)15-24(20)18-35-17-23-7-4-5-8-28(23)38-31(19-35)13-6-14-31/h4-5,7-12,15,26H,6,13-14,16-19,32-33H2,1-3H3,(H,36,37). The molecule has 0 amide bonds. The van der Waals surface area contributed by atoms with Gasteiger partial charge in [-0.3, -0.25) is 9.69 Å². The van der Waals surface area contributed by atoms with E-state index >= 15 is 0 Å². The Bertz CT molecular complexity index is 1350. The van der Waals surface area contributed by atoms with Crippen molar-refractivity contribution in [3.63, 3.8) is 0 Å². The van der Waals surface area contributed by atoms with Gasteiger partial charge in [0.15, 0.2) is 0 Å². The average Bonchev–Trinajstić information content (AvgIpc) is 3.02. The van der Waals surface area contributed by atoms with Gasteiger partial charge in [0.05, 0.1) is 17.8 Å². The quantitative estimate of drug-likeness (QED) is 0.228. The Hall–Kier alpha value is -3.55. The topological polar surface area (TPSA) is 105 Å². The van der Waals surface area contributed by atoms with Crippen LogP contribution >= 0.6 is 0 Å². The third kappa shape index (κ3) is 5.08. The van der Waals surface area contributed by atoms with Crippen LogP contribution in [0.4, 0.5) is 11.4 Å². The van der Waals surface area contributed by atoms with Crippen molar-refractivity contribution < 1.29 is 14.6 Å². The Morgan fingerprint density at radius 3 is 2.61 bits per heavy atom. The predicted molar refractivity (Wildman–Crippen MR) is 151 cm³/mol. The largest absolute Gasteiger partial charge is 0.486 e. The van der Waals surface area contributed by atoms with E-state index in [1.807, 2.05) is 25.1 Å². The fraction of sp³-hybridized carbons (Fsp3) is 0.387. The van der Waals surface area contributed by atoms with E-state index in [0.29, 0.717) is 5.69 Å². The second-order valence-electron chi connectivity index (χ2n) is 11.1. The molecule has 5 N–H and O–H groups in total. The van der Waals surface area contributed by atoms with Crippen LogP contribution in [0.25, 0.3) is 0 Å². The number of rotatable bonds is 7. The summed E-state index contributed by atoms with van der Waals surface area (Å²) in [6, 6.07) is 18.5. The fourth-order valence-corrected chi connectivity index (χ4v) is 5.96. The molecule has 3 aromatic carbocycles. The first-order valence-corrected chi connectivity index (χ1v) is 13.3. The lowest BCUT2D eigenvalue weighted by Crippen LogP contribution is -2.50. The van der Waals surface area contributed by atoms with Crippen LogP contribution in [0.2, 0.25) is 0 Å². The molecule has 1 atom stereocenters. The minimum Gasteiger partial charge on any atom is -0.486 e. The maximum atomic E-state index is 12.0. The van der Waals surface area contributed by atoms with Gasteiger partial charge in [0, 0.05) is 38.2 Å². The third-order valence-electron chi connectivity index (χ3n) is 8.31. The summed E-state index contributed by atoms with van der Waals surface area (Å²) >= 11 is 0. The summed E-state index contributed by atoms with van der Waals surface area (Å²) in [7, 11) is 1.74. The Balaban J connectivity index is 1.48. The summed E-state index contributed by atoms with van der Waals surface area (Å²) in [5, 5.41) is 11.3. The molecule has 1 unspecified atom stereocenters. The summed E-state index contributed by atoms with van der Waals surface area (Å²) in [4.78, 5) is 14.5. The summed E-state index contributed by atoms with van der Waals surface area (Å²) in [6.07, 6.45) is 3.33. The molecule has 1 aliphatic carbocycles. The average molecular weight is 515 g/mol. The van der Waals surface area contributed by atoms with Gasteiger partial charge >= 0.3 is 5.97 Å². The molecule has 5 rings (SSSR count). The second kappa shape index (κ2) is 10.3. The fourth-order valence-electron chi connectivity index (χ4n) is 5.96. The first-order chi connectivity index (χ1) is 18.2. The first kappa shape index (κ1) is 26.1. The van der Waals surface area contributed by atoms with Crippen molar-refractivity contribution in [2.24, 2.45) is 5.84 Å². The number of nitrogens with two attached hydrogens (primary N) is 2. The number of anilines is 2. The highest BCUT2D eigenvalue weighted by Crippen LogP contribution is 2.42. The molecule has 1 fully saturated rings. The molecule has 3 aromatic rings. The lowest BCUT2D eigenvalue weighted by Gasteiger charge is -2.43. The number of ether oxygens (including phenoxy) is 1. The SMILES string of the molecule is Cc1ccc(C(CC(=O)O)c2ccc(N(C)N)c(N)c2C)cc1CN1Cc2ccccc2OC2(CCC2)C1. The normalized spacial score (nSPS) is 17.2. The van der Waals surface area contributed by atoms with Crippen molar-refractivity contribution in [2.75, 3.05) is 24.3 Å². The van der Waals surface area contributed by atoms with Crippen LogP contribution in [0.15, 0.2) is 54.6 Å². The maximum Gasteiger partial charge on any atom is 0.304 e. The zero-order valence-electron chi connectivity index (χ0n) is 22.5. The van der Waals surface area contributed by atoms with Crippen LogP contribution in [-0.4, -0.2) is 35.2 Å². The zero-order valence-corrected chi connectivity index (χ0v) is 22.5. The lowest BCUT2D eigenvalue weighted by molar-refractivity contribution is -0.137. The minimum absolute atomic E-state index is 0.0192. The Morgan fingerprint density at radius 1 is 1.16 bits per heavy atom. The minimum atomic E-state index is -0.844. The molecule has 2 aliphatic rings. The Morgan fingerprint density at radius 2 is 1.92 bits per heavy atom. The molecule has 7 nitrogen and oxygen atoms in total. The molecule has 0 bridgehead atoms. The zero-order chi connectivity index (χ0) is 27.0. The van der Waals surface area contributed by atoms with E-state index in [1.54, 1.807) is 7.05 Å². The number of nitrogen functional groups attached to an aromatic ring is 1. The first-order valence-electron chi connectivity index (χ1n) is 13.3. The van der Waals surface area contributed by atoms with Crippen LogP contribution in [0, 0.1) is 13.8 Å². The van der Waals surface area contributed by atoms with Gasteiger partial charge in [-0.25, -0.2) is 5.84 Å². The van der Waals surface area contributed by atoms with Gasteiger partial charge in [-0.2, -0.15) is 0 Å². The molecular weight excluding hydrogens is 476 g/mol. The molecule has 0 saturated heterocycles. The summed E-state index contributed by atoms with van der Waals surface area (Å²) in [5.74, 6) is 5.78. The highest BCUT2D eigenvalue weighted by atomic mass is 16.5.